The molecule has 0 aliphatic carbocycles. The van der Waals surface area contributed by atoms with Crippen LogP contribution in [-0.2, 0) is 10.1 Å². The van der Waals surface area contributed by atoms with Gasteiger partial charge in [-0.25, -0.2) is 19.2 Å². The standard InChI is InChI=1S/C6H13N3O3S/c1-4(2)5-7-6(9(3)8-5)13(10,11)12/h4-5,8H,1-3H3,(H,10,11,12). The molecule has 13 heavy (non-hydrogen) atoms. The molecule has 2 N–H and O–H groups in total. The van der Waals surface area contributed by atoms with Crippen LogP contribution in [0, 0.1) is 5.92 Å². The molecule has 1 atom stereocenters. The number of nitrogens with zero attached hydrogens (tertiary/aromatic N) is 1. The Morgan fingerprint density at radius 1 is 1.54 bits per heavy atom. The lowest BCUT2D eigenvalue weighted by molar-refractivity contribution is -0.555. The molecule has 0 saturated heterocycles. The minimum absolute atomic E-state index is 0.196. The monoisotopic (exact) mass is 207 g/mol. The van der Waals surface area contributed by atoms with Crippen molar-refractivity contribution < 1.29 is 17.7 Å². The van der Waals surface area contributed by atoms with Crippen molar-refractivity contribution >= 4 is 15.3 Å². The normalized spacial score (nSPS) is 23.3. The molecule has 0 fully saturated rings. The van der Waals surface area contributed by atoms with Gasteiger partial charge in [0.15, 0.2) is 6.17 Å². The molecule has 6 nitrogen and oxygen atoms in total. The maximum Gasteiger partial charge on any atom is 0.376 e. The van der Waals surface area contributed by atoms with Crippen LogP contribution >= 0.6 is 0 Å². The van der Waals surface area contributed by atoms with E-state index in [2.05, 4.69) is 10.7 Å². The highest BCUT2D eigenvalue weighted by Crippen LogP contribution is 2.03. The second kappa shape index (κ2) is 3.15. The Balaban J connectivity index is 2.86. The van der Waals surface area contributed by atoms with Crippen LogP contribution in [0.4, 0.5) is 0 Å². The van der Waals surface area contributed by atoms with Gasteiger partial charge < -0.3 is 4.55 Å². The molecular formula is C6H13N3O3S. The van der Waals surface area contributed by atoms with E-state index in [9.17, 15) is 13.0 Å². The first-order valence-electron chi connectivity index (χ1n) is 3.91. The second-order valence-electron chi connectivity index (χ2n) is 3.31. The molecule has 0 radical (unpaired) electrons. The molecule has 0 aromatic heterocycles. The van der Waals surface area contributed by atoms with Gasteiger partial charge in [0.25, 0.3) is 0 Å². The first kappa shape index (κ1) is 10.3. The minimum Gasteiger partial charge on any atom is -0.738 e. The van der Waals surface area contributed by atoms with Gasteiger partial charge in [-0.05, 0) is 0 Å². The molecule has 0 aromatic rings. The van der Waals surface area contributed by atoms with Gasteiger partial charge in [0.05, 0.1) is 0 Å². The van der Waals surface area contributed by atoms with Crippen LogP contribution in [-0.4, -0.2) is 36.0 Å². The highest BCUT2D eigenvalue weighted by Gasteiger charge is 2.33. The SMILES string of the molecule is CC(C)C1NC(S(=O)(=O)[O-])=[N+](C)N1. The Bertz CT molecular complexity index is 333. The van der Waals surface area contributed by atoms with Gasteiger partial charge in [0.2, 0.25) is 10.1 Å². The fourth-order valence-corrected chi connectivity index (χ4v) is 1.74. The first-order valence-corrected chi connectivity index (χ1v) is 5.32. The highest BCUT2D eigenvalue weighted by molar-refractivity contribution is 8.01. The maximum absolute atomic E-state index is 10.7. The van der Waals surface area contributed by atoms with Gasteiger partial charge in [0.1, 0.15) is 7.05 Å². The Kier molecular flexibility index (Phi) is 2.49. The molecule has 1 aliphatic rings. The van der Waals surface area contributed by atoms with E-state index in [4.69, 9.17) is 0 Å². The fraction of sp³-hybridized carbons (Fsp3) is 0.833. The number of hydrazine groups is 1. The van der Waals surface area contributed by atoms with Crippen LogP contribution < -0.4 is 10.7 Å². The molecule has 1 heterocycles. The summed E-state index contributed by atoms with van der Waals surface area (Å²) in [5.74, 6) is 0.196. The number of hydrogen-bond acceptors (Lipinski definition) is 5. The van der Waals surface area contributed by atoms with E-state index in [0.29, 0.717) is 0 Å². The van der Waals surface area contributed by atoms with Crippen molar-refractivity contribution in [2.75, 3.05) is 7.05 Å². The van der Waals surface area contributed by atoms with E-state index in [0.717, 1.165) is 0 Å². The molecule has 1 unspecified atom stereocenters. The molecule has 0 saturated carbocycles. The number of amidine groups is 1. The smallest absolute Gasteiger partial charge is 0.376 e. The molecular weight excluding hydrogens is 194 g/mol. The summed E-state index contributed by atoms with van der Waals surface area (Å²) in [6.45, 7) is 3.83. The molecule has 1 rings (SSSR count). The molecule has 1 aliphatic heterocycles. The van der Waals surface area contributed by atoms with Gasteiger partial charge in [0, 0.05) is 5.92 Å². The molecule has 0 amide bonds. The molecule has 0 aromatic carbocycles. The summed E-state index contributed by atoms with van der Waals surface area (Å²) >= 11 is 0. The van der Waals surface area contributed by atoms with E-state index in [-0.39, 0.29) is 17.3 Å². The summed E-state index contributed by atoms with van der Waals surface area (Å²) < 4.78 is 33.2. The molecule has 76 valence electrons. The quantitative estimate of drug-likeness (QED) is 0.409. The average Bonchev–Trinajstić information content (AvgIpc) is 2.29. The lowest BCUT2D eigenvalue weighted by atomic mass is 10.2. The van der Waals surface area contributed by atoms with Crippen LogP contribution in [0.15, 0.2) is 0 Å². The number of hydrazone groups is 1. The lowest BCUT2D eigenvalue weighted by Crippen LogP contribution is -2.41. The van der Waals surface area contributed by atoms with Crippen LogP contribution in [0.2, 0.25) is 0 Å². The molecule has 0 spiro atoms. The Hall–Kier alpha value is -0.820. The van der Waals surface area contributed by atoms with E-state index < -0.39 is 10.1 Å². The summed E-state index contributed by atoms with van der Waals surface area (Å²) in [6.07, 6.45) is -0.205. The van der Waals surface area contributed by atoms with Gasteiger partial charge in [-0.1, -0.05) is 13.8 Å². The van der Waals surface area contributed by atoms with E-state index in [1.165, 1.54) is 11.7 Å². The summed E-state index contributed by atoms with van der Waals surface area (Å²) in [5, 5.41) is 2.30. The van der Waals surface area contributed by atoms with E-state index in [1.807, 2.05) is 13.8 Å². The van der Waals surface area contributed by atoms with Gasteiger partial charge in [-0.2, -0.15) is 4.68 Å². The third-order valence-corrected chi connectivity index (χ3v) is 2.69. The summed E-state index contributed by atoms with van der Waals surface area (Å²) in [7, 11) is -2.91. The minimum atomic E-state index is -4.40. The first-order chi connectivity index (χ1) is 5.82. The van der Waals surface area contributed by atoms with Crippen molar-refractivity contribution in [3.05, 3.63) is 0 Å². The Morgan fingerprint density at radius 2 is 2.08 bits per heavy atom. The van der Waals surface area contributed by atoms with Crippen LogP contribution in [0.3, 0.4) is 0 Å². The number of rotatable bonds is 1. The van der Waals surface area contributed by atoms with Gasteiger partial charge >= 0.3 is 5.17 Å². The second-order valence-corrected chi connectivity index (χ2v) is 4.61. The van der Waals surface area contributed by atoms with Crippen molar-refractivity contribution in [2.45, 2.75) is 20.0 Å². The predicted molar refractivity (Wildman–Crippen MR) is 45.8 cm³/mol. The largest absolute Gasteiger partial charge is 0.738 e. The summed E-state index contributed by atoms with van der Waals surface area (Å²) in [5.41, 5.74) is 2.82. The van der Waals surface area contributed by atoms with Crippen molar-refractivity contribution in [1.29, 1.82) is 0 Å². The van der Waals surface area contributed by atoms with Crippen LogP contribution in [0.5, 0.6) is 0 Å². The lowest BCUT2D eigenvalue weighted by Gasteiger charge is -2.10. The van der Waals surface area contributed by atoms with Gasteiger partial charge in [-0.15, -0.1) is 0 Å². The predicted octanol–water partition coefficient (Wildman–Crippen LogP) is -1.38. The van der Waals surface area contributed by atoms with Crippen molar-refractivity contribution in [3.63, 3.8) is 0 Å². The third-order valence-electron chi connectivity index (χ3n) is 1.82. The zero-order valence-corrected chi connectivity index (χ0v) is 8.55. The zero-order valence-electron chi connectivity index (χ0n) is 7.73. The van der Waals surface area contributed by atoms with Crippen molar-refractivity contribution in [1.82, 2.24) is 10.7 Å². The maximum atomic E-state index is 10.7. The van der Waals surface area contributed by atoms with E-state index >= 15 is 0 Å². The van der Waals surface area contributed by atoms with Crippen molar-refractivity contribution in [2.24, 2.45) is 5.92 Å². The molecule has 0 bridgehead atoms. The summed E-state index contributed by atoms with van der Waals surface area (Å²) in [4.78, 5) is 0. The zero-order chi connectivity index (χ0) is 10.2. The Morgan fingerprint density at radius 3 is 2.31 bits per heavy atom. The third kappa shape index (κ3) is 2.10. The topological polar surface area (TPSA) is 84.3 Å². The molecule has 7 heteroatoms. The van der Waals surface area contributed by atoms with E-state index in [1.54, 1.807) is 0 Å². The number of nitrogens with one attached hydrogen (secondary N) is 2. The fourth-order valence-electron chi connectivity index (χ4n) is 1.08. The van der Waals surface area contributed by atoms with Gasteiger partial charge in [-0.3, -0.25) is 0 Å². The Labute approximate surface area is 77.4 Å². The average molecular weight is 207 g/mol. The number of hydrogen-bond donors (Lipinski definition) is 2. The highest BCUT2D eigenvalue weighted by atomic mass is 32.2. The summed E-state index contributed by atoms with van der Waals surface area (Å²) in [6, 6.07) is 0. The van der Waals surface area contributed by atoms with Crippen LogP contribution in [0.1, 0.15) is 13.8 Å². The van der Waals surface area contributed by atoms with Crippen molar-refractivity contribution in [3.8, 4) is 0 Å². The van der Waals surface area contributed by atoms with Crippen LogP contribution in [0.25, 0.3) is 0 Å².